The highest BCUT2D eigenvalue weighted by molar-refractivity contribution is 7.87. The quantitative estimate of drug-likeness (QED) is 0.271. The number of hydrogen-bond acceptors (Lipinski definition) is 6. The summed E-state index contributed by atoms with van der Waals surface area (Å²) >= 11 is 0. The third-order valence-electron chi connectivity index (χ3n) is 2.12. The lowest BCUT2D eigenvalue weighted by atomic mass is 10.3. The Morgan fingerprint density at radius 1 is 1.32 bits per heavy atom. The molecule has 2 atom stereocenters. The van der Waals surface area contributed by atoms with E-state index < -0.39 is 40.0 Å². The Bertz CT molecular complexity index is 402. The number of ether oxygens (including phenoxy) is 2. The Morgan fingerprint density at radius 3 is 2.32 bits per heavy atom. The maximum Gasteiger partial charge on any atom is 0.329 e. The lowest BCUT2D eigenvalue weighted by Gasteiger charge is -2.17. The highest BCUT2D eigenvalue weighted by atomic mass is 32.2. The van der Waals surface area contributed by atoms with E-state index in [1.807, 2.05) is 6.92 Å². The molecule has 0 spiro atoms. The van der Waals surface area contributed by atoms with Crippen LogP contribution in [0, 0.1) is 0 Å². The molecule has 0 amide bonds. The van der Waals surface area contributed by atoms with Gasteiger partial charge < -0.3 is 14.6 Å². The van der Waals surface area contributed by atoms with Crippen molar-refractivity contribution in [1.29, 1.82) is 0 Å². The summed E-state index contributed by atoms with van der Waals surface area (Å²) in [6.45, 7) is 3.62. The zero-order valence-electron chi connectivity index (χ0n) is 10.7. The standard InChI is InChI=1S/C10H18O8S/c1-3-4-5-17-7(2)18-10(13)8(6-9(11)12)19(14,15)16/h7-8H,3-6H2,1-2H3,(H,11,12)(H,14,15,16). The fourth-order valence-electron chi connectivity index (χ4n) is 1.14. The van der Waals surface area contributed by atoms with Crippen LogP contribution in [0.3, 0.4) is 0 Å². The molecule has 0 aromatic rings. The Morgan fingerprint density at radius 2 is 1.89 bits per heavy atom. The van der Waals surface area contributed by atoms with Gasteiger partial charge in [-0.25, -0.2) is 0 Å². The molecule has 2 N–H and O–H groups in total. The molecule has 8 nitrogen and oxygen atoms in total. The summed E-state index contributed by atoms with van der Waals surface area (Å²) in [6.07, 6.45) is -0.483. The maximum absolute atomic E-state index is 11.5. The average molecular weight is 298 g/mol. The number of carbonyl (C=O) groups is 2. The van der Waals surface area contributed by atoms with E-state index in [0.29, 0.717) is 6.61 Å². The molecule has 0 aliphatic carbocycles. The van der Waals surface area contributed by atoms with E-state index >= 15 is 0 Å². The first kappa shape index (κ1) is 17.8. The molecule has 19 heavy (non-hydrogen) atoms. The highest BCUT2D eigenvalue weighted by Gasteiger charge is 2.35. The topological polar surface area (TPSA) is 127 Å². The van der Waals surface area contributed by atoms with Crippen LogP contribution in [-0.4, -0.2) is 48.2 Å². The van der Waals surface area contributed by atoms with Crippen molar-refractivity contribution in [3.05, 3.63) is 0 Å². The van der Waals surface area contributed by atoms with E-state index in [9.17, 15) is 18.0 Å². The molecule has 0 aliphatic heterocycles. The Kier molecular flexibility index (Phi) is 7.57. The fraction of sp³-hybridized carbons (Fsp3) is 0.800. The number of carboxylic acids is 1. The van der Waals surface area contributed by atoms with Crippen LogP contribution in [0.15, 0.2) is 0 Å². The van der Waals surface area contributed by atoms with Gasteiger partial charge in [0.05, 0.1) is 13.0 Å². The zero-order chi connectivity index (χ0) is 15.1. The first-order valence-corrected chi connectivity index (χ1v) is 7.19. The number of unbranched alkanes of at least 4 members (excludes halogenated alkanes) is 1. The van der Waals surface area contributed by atoms with Gasteiger partial charge in [0.25, 0.3) is 10.1 Å². The molecule has 112 valence electrons. The second-order valence-electron chi connectivity index (χ2n) is 3.83. The van der Waals surface area contributed by atoms with Crippen molar-refractivity contribution in [2.24, 2.45) is 0 Å². The summed E-state index contributed by atoms with van der Waals surface area (Å²) in [5, 5.41) is 6.34. The van der Waals surface area contributed by atoms with Crippen molar-refractivity contribution in [2.45, 2.75) is 44.6 Å². The number of esters is 1. The van der Waals surface area contributed by atoms with Crippen molar-refractivity contribution in [2.75, 3.05) is 6.61 Å². The van der Waals surface area contributed by atoms with E-state index in [-0.39, 0.29) is 0 Å². The lowest BCUT2D eigenvalue weighted by Crippen LogP contribution is -2.36. The molecule has 0 aromatic carbocycles. The van der Waals surface area contributed by atoms with E-state index in [4.69, 9.17) is 14.4 Å². The summed E-state index contributed by atoms with van der Waals surface area (Å²) in [5.74, 6) is -2.90. The number of carbonyl (C=O) groups excluding carboxylic acids is 1. The van der Waals surface area contributed by atoms with Gasteiger partial charge in [-0.1, -0.05) is 13.3 Å². The van der Waals surface area contributed by atoms with Gasteiger partial charge in [0.2, 0.25) is 0 Å². The summed E-state index contributed by atoms with van der Waals surface area (Å²) in [6, 6.07) is 0. The van der Waals surface area contributed by atoms with Crippen LogP contribution >= 0.6 is 0 Å². The van der Waals surface area contributed by atoms with Crippen molar-refractivity contribution in [3.8, 4) is 0 Å². The predicted octanol–water partition coefficient (Wildman–Crippen LogP) is 0.423. The first-order valence-electron chi connectivity index (χ1n) is 5.68. The van der Waals surface area contributed by atoms with E-state index in [1.165, 1.54) is 6.92 Å². The molecule has 0 aliphatic rings. The normalized spacial score (nSPS) is 14.7. The summed E-state index contributed by atoms with van der Waals surface area (Å²) in [7, 11) is -4.84. The van der Waals surface area contributed by atoms with Gasteiger partial charge in [-0.05, 0) is 13.3 Å². The van der Waals surface area contributed by atoms with Crippen LogP contribution in [0.4, 0.5) is 0 Å². The van der Waals surface area contributed by atoms with Crippen LogP contribution in [0.2, 0.25) is 0 Å². The van der Waals surface area contributed by atoms with Crippen LogP contribution in [0.25, 0.3) is 0 Å². The van der Waals surface area contributed by atoms with Gasteiger partial charge in [0.15, 0.2) is 11.5 Å². The largest absolute Gasteiger partial charge is 0.481 e. The van der Waals surface area contributed by atoms with Gasteiger partial charge in [0, 0.05) is 0 Å². The molecule has 0 radical (unpaired) electrons. The predicted molar refractivity (Wildman–Crippen MR) is 64.0 cm³/mol. The molecular formula is C10H18O8S. The van der Waals surface area contributed by atoms with Crippen LogP contribution < -0.4 is 0 Å². The Hall–Kier alpha value is -1.19. The third kappa shape index (κ3) is 7.75. The van der Waals surface area contributed by atoms with Crippen molar-refractivity contribution >= 4 is 22.1 Å². The Balaban J connectivity index is 4.52. The zero-order valence-corrected chi connectivity index (χ0v) is 11.6. The number of aliphatic carboxylic acids is 1. The molecule has 0 bridgehead atoms. The van der Waals surface area contributed by atoms with Gasteiger partial charge in [-0.15, -0.1) is 0 Å². The Labute approximate surface area is 111 Å². The molecule has 2 unspecified atom stereocenters. The van der Waals surface area contributed by atoms with Crippen molar-refractivity contribution in [3.63, 3.8) is 0 Å². The number of carboxylic acid groups (broad SMARTS) is 1. The molecular weight excluding hydrogens is 280 g/mol. The smallest absolute Gasteiger partial charge is 0.329 e. The molecule has 0 heterocycles. The maximum atomic E-state index is 11.5. The average Bonchev–Trinajstić information content (AvgIpc) is 2.24. The van der Waals surface area contributed by atoms with Gasteiger partial charge in [-0.3, -0.25) is 14.1 Å². The monoisotopic (exact) mass is 298 g/mol. The molecule has 9 heteroatoms. The van der Waals surface area contributed by atoms with Crippen LogP contribution in [0.1, 0.15) is 33.1 Å². The lowest BCUT2D eigenvalue weighted by molar-refractivity contribution is -0.175. The van der Waals surface area contributed by atoms with E-state index in [0.717, 1.165) is 12.8 Å². The SMILES string of the molecule is CCCCOC(C)OC(=O)C(CC(=O)O)S(=O)(=O)O. The summed E-state index contributed by atoms with van der Waals surface area (Å²) in [4.78, 5) is 21.9. The fourth-order valence-corrected chi connectivity index (χ4v) is 1.79. The van der Waals surface area contributed by atoms with Crippen LogP contribution in [0.5, 0.6) is 0 Å². The van der Waals surface area contributed by atoms with E-state index in [1.54, 1.807) is 0 Å². The molecule has 0 saturated heterocycles. The minimum Gasteiger partial charge on any atom is -0.481 e. The van der Waals surface area contributed by atoms with Gasteiger partial charge >= 0.3 is 11.9 Å². The van der Waals surface area contributed by atoms with Gasteiger partial charge in [-0.2, -0.15) is 8.42 Å². The second kappa shape index (κ2) is 8.08. The molecule has 0 saturated carbocycles. The number of hydrogen-bond donors (Lipinski definition) is 2. The summed E-state index contributed by atoms with van der Waals surface area (Å²) < 4.78 is 40.3. The minimum atomic E-state index is -4.84. The van der Waals surface area contributed by atoms with Crippen molar-refractivity contribution < 1.29 is 37.1 Å². The second-order valence-corrected chi connectivity index (χ2v) is 5.43. The number of rotatable bonds is 9. The third-order valence-corrected chi connectivity index (χ3v) is 3.19. The molecule has 0 fully saturated rings. The highest BCUT2D eigenvalue weighted by Crippen LogP contribution is 2.09. The van der Waals surface area contributed by atoms with Crippen LogP contribution in [-0.2, 0) is 29.2 Å². The molecule has 0 rings (SSSR count). The van der Waals surface area contributed by atoms with E-state index in [2.05, 4.69) is 4.74 Å². The first-order chi connectivity index (χ1) is 8.68. The van der Waals surface area contributed by atoms with Gasteiger partial charge in [0.1, 0.15) is 0 Å². The molecule has 0 aromatic heterocycles. The minimum absolute atomic E-state index is 0.320. The summed E-state index contributed by atoms with van der Waals surface area (Å²) in [5.41, 5.74) is 0. The van der Waals surface area contributed by atoms with Crippen molar-refractivity contribution in [1.82, 2.24) is 0 Å².